The number of aromatic nitrogens is 3. The van der Waals surface area contributed by atoms with Gasteiger partial charge in [-0.25, -0.2) is 9.78 Å². The molecule has 1 aromatic carbocycles. The van der Waals surface area contributed by atoms with E-state index in [1.165, 1.54) is 0 Å². The summed E-state index contributed by atoms with van der Waals surface area (Å²) >= 11 is 0. The van der Waals surface area contributed by atoms with E-state index in [4.69, 9.17) is 4.74 Å². The van der Waals surface area contributed by atoms with Crippen LogP contribution < -0.4 is 16.2 Å². The smallest absolute Gasteiger partial charge is 0.410 e. The maximum Gasteiger partial charge on any atom is 0.410 e. The normalized spacial score (nSPS) is 15.9. The number of benzene rings is 1. The third-order valence-electron chi connectivity index (χ3n) is 7.04. The predicted octanol–water partition coefficient (Wildman–Crippen LogP) is 3.92. The number of rotatable bonds is 6. The zero-order chi connectivity index (χ0) is 28.6. The van der Waals surface area contributed by atoms with Crippen LogP contribution in [0.1, 0.15) is 72.4 Å². The fraction of sp³-hybridized carbons (Fsp3) is 0.433. The van der Waals surface area contributed by atoms with E-state index in [-0.39, 0.29) is 29.9 Å². The monoisotopic (exact) mass is 544 g/mol. The predicted molar refractivity (Wildman–Crippen MR) is 151 cm³/mol. The highest BCUT2D eigenvalue weighted by atomic mass is 16.6. The second-order valence-corrected chi connectivity index (χ2v) is 11.7. The van der Waals surface area contributed by atoms with Crippen LogP contribution in [0.5, 0.6) is 0 Å². The van der Waals surface area contributed by atoms with Crippen molar-refractivity contribution in [2.75, 3.05) is 5.32 Å². The van der Waals surface area contributed by atoms with Gasteiger partial charge in [0.25, 0.3) is 5.56 Å². The van der Waals surface area contributed by atoms with Gasteiger partial charge in [0.2, 0.25) is 5.91 Å². The molecular formula is C30H36N6O4. The molecule has 1 atom stereocenters. The van der Waals surface area contributed by atoms with Crippen molar-refractivity contribution in [3.8, 4) is 0 Å². The van der Waals surface area contributed by atoms with Crippen LogP contribution in [0.4, 0.5) is 10.6 Å². The van der Waals surface area contributed by atoms with E-state index in [0.717, 1.165) is 39.2 Å². The molecule has 0 saturated heterocycles. The number of ether oxygens (including phenoxy) is 1. The van der Waals surface area contributed by atoms with E-state index in [9.17, 15) is 14.4 Å². The molecule has 0 fully saturated rings. The van der Waals surface area contributed by atoms with Crippen molar-refractivity contribution in [1.82, 2.24) is 24.8 Å². The minimum atomic E-state index is -0.600. The number of fused-ring (bicyclic) bond motifs is 2. The molecule has 4 heterocycles. The molecule has 2 aromatic heterocycles. The summed E-state index contributed by atoms with van der Waals surface area (Å²) in [6.07, 6.45) is 4.17. The number of hydrogen-bond donors (Lipinski definition) is 2. The molecule has 40 heavy (non-hydrogen) atoms. The maximum absolute atomic E-state index is 13.3. The molecule has 2 aliphatic heterocycles. The molecule has 2 aliphatic rings. The second kappa shape index (κ2) is 10.7. The number of hydrogen-bond acceptors (Lipinski definition) is 7. The lowest BCUT2D eigenvalue weighted by molar-refractivity contribution is -0.124. The summed E-state index contributed by atoms with van der Waals surface area (Å²) in [7, 11) is 0. The zero-order valence-electron chi connectivity index (χ0n) is 23.7. The Hall–Kier alpha value is -4.21. The van der Waals surface area contributed by atoms with Crippen molar-refractivity contribution in [3.63, 3.8) is 0 Å². The third kappa shape index (κ3) is 6.00. The highest BCUT2D eigenvalue weighted by molar-refractivity contribution is 5.81. The highest BCUT2D eigenvalue weighted by Gasteiger charge is 2.31. The number of anilines is 1. The van der Waals surface area contributed by atoms with Crippen LogP contribution in [-0.4, -0.2) is 37.0 Å². The van der Waals surface area contributed by atoms with Gasteiger partial charge in [0, 0.05) is 31.2 Å². The average Bonchev–Trinajstić information content (AvgIpc) is 3.50. The summed E-state index contributed by atoms with van der Waals surface area (Å²) in [5, 5.41) is 6.13. The lowest BCUT2D eigenvalue weighted by atomic mass is 10.1. The van der Waals surface area contributed by atoms with Crippen molar-refractivity contribution in [2.45, 2.75) is 85.3 Å². The molecule has 0 unspecified atom stereocenters. The number of carbonyl (C=O) groups excluding carboxylic acids is 2. The summed E-state index contributed by atoms with van der Waals surface area (Å²) in [6.45, 7) is 11.1. The summed E-state index contributed by atoms with van der Waals surface area (Å²) < 4.78 is 7.04. The Bertz CT molecular complexity index is 1500. The number of amides is 2. The standard InChI is InChI=1S/C30H36N6O4/c1-18-8-19(2)10-20(9-18)12-32-26-28(38)36-23(15-33-26)6-7-25(36)27(37)34-14-21-11-22-16-35(17-24(22)31-13-21)29(39)40-30(3,4)5/h8-11,13,15,25H,6-7,12,14,16-17H2,1-5H3,(H,32,33)(H,34,37)/t25-/m0/s1. The van der Waals surface area contributed by atoms with Gasteiger partial charge < -0.3 is 15.4 Å². The topological polar surface area (TPSA) is 118 Å². The lowest BCUT2D eigenvalue weighted by Gasteiger charge is -2.23. The van der Waals surface area contributed by atoms with Crippen LogP contribution in [0.3, 0.4) is 0 Å². The molecule has 10 heteroatoms. The number of aryl methyl sites for hydroxylation is 3. The molecule has 0 spiro atoms. The molecule has 0 saturated carbocycles. The van der Waals surface area contributed by atoms with E-state index in [1.807, 2.05) is 40.7 Å². The Balaban J connectivity index is 1.22. The van der Waals surface area contributed by atoms with Crippen LogP contribution in [-0.2, 0) is 42.1 Å². The minimum Gasteiger partial charge on any atom is -0.444 e. The molecule has 0 radical (unpaired) electrons. The van der Waals surface area contributed by atoms with Crippen LogP contribution in [0, 0.1) is 13.8 Å². The Kier molecular flexibility index (Phi) is 7.35. The lowest BCUT2D eigenvalue weighted by Crippen LogP contribution is -2.36. The first-order chi connectivity index (χ1) is 19.0. The van der Waals surface area contributed by atoms with Crippen molar-refractivity contribution in [1.29, 1.82) is 0 Å². The summed E-state index contributed by atoms with van der Waals surface area (Å²) in [5.74, 6) is 0.0168. The van der Waals surface area contributed by atoms with E-state index in [1.54, 1.807) is 21.9 Å². The Labute approximate surface area is 233 Å². The van der Waals surface area contributed by atoms with Gasteiger partial charge in [0.05, 0.1) is 18.8 Å². The summed E-state index contributed by atoms with van der Waals surface area (Å²) in [4.78, 5) is 49.4. The van der Waals surface area contributed by atoms with Gasteiger partial charge in [-0.2, -0.15) is 0 Å². The van der Waals surface area contributed by atoms with Gasteiger partial charge in [0.1, 0.15) is 11.6 Å². The minimum absolute atomic E-state index is 0.219. The summed E-state index contributed by atoms with van der Waals surface area (Å²) in [5.41, 5.74) is 5.87. The van der Waals surface area contributed by atoms with Crippen LogP contribution in [0.2, 0.25) is 0 Å². The SMILES string of the molecule is Cc1cc(C)cc(CNc2ncc3n(c2=O)[C@H](C(=O)NCc2cnc4c(c2)CN(C(=O)OC(C)(C)C)C4)CC3)c1. The molecule has 2 N–H and O–H groups in total. The number of nitrogens with one attached hydrogen (secondary N) is 2. The van der Waals surface area contributed by atoms with Gasteiger partial charge in [-0.05, 0) is 70.2 Å². The van der Waals surface area contributed by atoms with Gasteiger partial charge >= 0.3 is 6.09 Å². The molecule has 210 valence electrons. The van der Waals surface area contributed by atoms with Gasteiger partial charge in [-0.3, -0.25) is 24.0 Å². The Morgan fingerprint density at radius 3 is 2.48 bits per heavy atom. The van der Waals surface area contributed by atoms with Gasteiger partial charge in [-0.1, -0.05) is 29.3 Å². The highest BCUT2D eigenvalue weighted by Crippen LogP contribution is 2.26. The first-order valence-electron chi connectivity index (χ1n) is 13.6. The fourth-order valence-corrected chi connectivity index (χ4v) is 5.34. The van der Waals surface area contributed by atoms with Crippen molar-refractivity contribution in [3.05, 3.63) is 86.2 Å². The van der Waals surface area contributed by atoms with Gasteiger partial charge in [0.15, 0.2) is 5.82 Å². The second-order valence-electron chi connectivity index (χ2n) is 11.7. The van der Waals surface area contributed by atoms with Crippen LogP contribution in [0.25, 0.3) is 0 Å². The Morgan fingerprint density at radius 2 is 1.75 bits per heavy atom. The molecular weight excluding hydrogens is 508 g/mol. The van der Waals surface area contributed by atoms with Gasteiger partial charge in [-0.15, -0.1) is 0 Å². The molecule has 5 rings (SSSR count). The molecule has 10 nitrogen and oxygen atoms in total. The van der Waals surface area contributed by atoms with Crippen molar-refractivity contribution >= 4 is 17.8 Å². The van der Waals surface area contributed by atoms with Crippen LogP contribution in [0.15, 0.2) is 41.5 Å². The first kappa shape index (κ1) is 27.4. The Morgan fingerprint density at radius 1 is 1.00 bits per heavy atom. The molecule has 3 aromatic rings. The van der Waals surface area contributed by atoms with Crippen molar-refractivity contribution in [2.24, 2.45) is 0 Å². The number of carbonyl (C=O) groups is 2. The van der Waals surface area contributed by atoms with E-state index in [2.05, 4.69) is 38.8 Å². The molecule has 2 amide bonds. The number of pyridine rings is 1. The number of nitrogens with zero attached hydrogens (tertiary/aromatic N) is 4. The van der Waals surface area contributed by atoms with E-state index in [0.29, 0.717) is 32.5 Å². The quantitative estimate of drug-likeness (QED) is 0.483. The molecule has 0 aliphatic carbocycles. The maximum atomic E-state index is 13.3. The third-order valence-corrected chi connectivity index (χ3v) is 7.04. The average molecular weight is 545 g/mol. The molecule has 0 bridgehead atoms. The first-order valence-corrected chi connectivity index (χ1v) is 13.6. The fourth-order valence-electron chi connectivity index (χ4n) is 5.34. The van der Waals surface area contributed by atoms with Crippen LogP contribution >= 0.6 is 0 Å². The van der Waals surface area contributed by atoms with Crippen molar-refractivity contribution < 1.29 is 14.3 Å². The zero-order valence-corrected chi connectivity index (χ0v) is 23.7. The van der Waals surface area contributed by atoms with E-state index < -0.39 is 11.6 Å². The largest absolute Gasteiger partial charge is 0.444 e. The van der Waals surface area contributed by atoms with E-state index >= 15 is 0 Å². The summed E-state index contributed by atoms with van der Waals surface area (Å²) in [6, 6.07) is 7.61.